The monoisotopic (exact) mass is 288 g/mol. The fourth-order valence-corrected chi connectivity index (χ4v) is 2.78. The van der Waals surface area contributed by atoms with Gasteiger partial charge in [0.2, 0.25) is 5.82 Å². The summed E-state index contributed by atoms with van der Waals surface area (Å²) in [6.07, 6.45) is 2.32. The normalized spacial score (nSPS) is 18.7. The van der Waals surface area contributed by atoms with Crippen LogP contribution in [0.1, 0.15) is 19.8 Å². The highest BCUT2D eigenvalue weighted by molar-refractivity contribution is 5.76. The number of hydrogen-bond donors (Lipinski definition) is 1. The van der Waals surface area contributed by atoms with Crippen LogP contribution in [-0.2, 0) is 0 Å². The zero-order chi connectivity index (χ0) is 14.8. The number of H-pyrrole nitrogens is 1. The van der Waals surface area contributed by atoms with Gasteiger partial charge in [-0.2, -0.15) is 5.21 Å². The summed E-state index contributed by atoms with van der Waals surface area (Å²) in [6.45, 7) is 4.08. The molecule has 1 aliphatic rings. The third-order valence-corrected chi connectivity index (χ3v) is 3.77. The first-order valence-corrected chi connectivity index (χ1v) is 6.92. The quantitative estimate of drug-likeness (QED) is 0.684. The zero-order valence-electron chi connectivity index (χ0n) is 11.7. The van der Waals surface area contributed by atoms with Gasteiger partial charge in [-0.05, 0) is 30.0 Å². The molecular formula is C13H16N6O2. The summed E-state index contributed by atoms with van der Waals surface area (Å²) < 4.78 is 0. The van der Waals surface area contributed by atoms with Crippen LogP contribution in [0.15, 0.2) is 18.2 Å². The maximum atomic E-state index is 11.0. The molecule has 1 aromatic carbocycles. The Morgan fingerprint density at radius 2 is 2.33 bits per heavy atom. The van der Waals surface area contributed by atoms with Gasteiger partial charge >= 0.3 is 0 Å². The Labute approximate surface area is 121 Å². The molecule has 8 heteroatoms. The predicted octanol–water partition coefficient (Wildman–Crippen LogP) is 2.01. The van der Waals surface area contributed by atoms with Crippen molar-refractivity contribution in [3.63, 3.8) is 0 Å². The Hall–Kier alpha value is -2.51. The number of piperidine rings is 1. The van der Waals surface area contributed by atoms with Crippen molar-refractivity contribution in [3.05, 3.63) is 28.3 Å². The molecule has 0 radical (unpaired) electrons. The van der Waals surface area contributed by atoms with Crippen LogP contribution in [0.25, 0.3) is 11.4 Å². The second-order valence-electron chi connectivity index (χ2n) is 5.39. The molecule has 8 nitrogen and oxygen atoms in total. The maximum absolute atomic E-state index is 11.0. The summed E-state index contributed by atoms with van der Waals surface area (Å²) in [5.74, 6) is 0.985. The summed E-state index contributed by atoms with van der Waals surface area (Å²) in [5.41, 5.74) is 1.60. The van der Waals surface area contributed by atoms with E-state index >= 15 is 0 Å². The van der Waals surface area contributed by atoms with Gasteiger partial charge in [0.25, 0.3) is 5.69 Å². The molecule has 0 amide bonds. The number of benzene rings is 1. The van der Waals surface area contributed by atoms with Gasteiger partial charge in [0.05, 0.1) is 10.5 Å². The molecule has 21 heavy (non-hydrogen) atoms. The molecule has 0 saturated carbocycles. The molecule has 2 aromatic rings. The first kappa shape index (κ1) is 13.5. The minimum Gasteiger partial charge on any atom is -0.371 e. The van der Waals surface area contributed by atoms with Crippen LogP contribution in [0, 0.1) is 16.0 Å². The van der Waals surface area contributed by atoms with Gasteiger partial charge in [-0.25, -0.2) is 0 Å². The van der Waals surface area contributed by atoms with Gasteiger partial charge in [-0.15, -0.1) is 10.2 Å². The van der Waals surface area contributed by atoms with E-state index in [2.05, 4.69) is 32.4 Å². The minimum absolute atomic E-state index is 0.0311. The molecule has 1 N–H and O–H groups in total. The minimum atomic E-state index is -0.411. The number of aromatic nitrogens is 4. The van der Waals surface area contributed by atoms with E-state index in [0.717, 1.165) is 25.2 Å². The Balaban J connectivity index is 2.04. The number of rotatable bonds is 3. The van der Waals surface area contributed by atoms with E-state index in [0.29, 0.717) is 17.3 Å². The average Bonchev–Trinajstić information content (AvgIpc) is 3.00. The predicted molar refractivity (Wildman–Crippen MR) is 76.9 cm³/mol. The molecule has 1 aromatic heterocycles. The zero-order valence-corrected chi connectivity index (χ0v) is 11.7. The van der Waals surface area contributed by atoms with Gasteiger partial charge in [0.15, 0.2) is 0 Å². The van der Waals surface area contributed by atoms with E-state index in [4.69, 9.17) is 0 Å². The van der Waals surface area contributed by atoms with Crippen molar-refractivity contribution in [2.24, 2.45) is 5.92 Å². The largest absolute Gasteiger partial charge is 0.371 e. The van der Waals surface area contributed by atoms with E-state index in [9.17, 15) is 10.1 Å². The molecule has 1 saturated heterocycles. The van der Waals surface area contributed by atoms with E-state index in [1.807, 2.05) is 0 Å². The highest BCUT2D eigenvalue weighted by Gasteiger charge is 2.23. The van der Waals surface area contributed by atoms with Crippen molar-refractivity contribution in [3.8, 4) is 11.4 Å². The van der Waals surface area contributed by atoms with Crippen LogP contribution in [0.3, 0.4) is 0 Å². The first-order chi connectivity index (χ1) is 10.1. The van der Waals surface area contributed by atoms with Crippen LogP contribution in [0.2, 0.25) is 0 Å². The van der Waals surface area contributed by atoms with Gasteiger partial charge in [0, 0.05) is 30.9 Å². The van der Waals surface area contributed by atoms with Gasteiger partial charge in [0.1, 0.15) is 0 Å². The van der Waals surface area contributed by atoms with Gasteiger partial charge in [-0.3, -0.25) is 10.1 Å². The summed E-state index contributed by atoms with van der Waals surface area (Å²) in [7, 11) is 0. The van der Waals surface area contributed by atoms with Crippen molar-refractivity contribution < 1.29 is 4.92 Å². The van der Waals surface area contributed by atoms with E-state index in [-0.39, 0.29) is 5.69 Å². The molecule has 1 aliphatic heterocycles. The van der Waals surface area contributed by atoms with E-state index in [1.54, 1.807) is 6.07 Å². The maximum Gasteiger partial charge on any atom is 0.270 e. The average molecular weight is 288 g/mol. The van der Waals surface area contributed by atoms with Crippen molar-refractivity contribution in [1.82, 2.24) is 20.6 Å². The highest BCUT2D eigenvalue weighted by Crippen LogP contribution is 2.34. The van der Waals surface area contributed by atoms with Crippen molar-refractivity contribution in [1.29, 1.82) is 0 Å². The van der Waals surface area contributed by atoms with Crippen LogP contribution >= 0.6 is 0 Å². The lowest BCUT2D eigenvalue weighted by Crippen LogP contribution is -2.34. The molecule has 1 unspecified atom stereocenters. The molecule has 0 spiro atoms. The highest BCUT2D eigenvalue weighted by atomic mass is 16.6. The molecule has 0 bridgehead atoms. The van der Waals surface area contributed by atoms with Crippen LogP contribution in [0.5, 0.6) is 0 Å². The number of nitro groups is 1. The van der Waals surface area contributed by atoms with Crippen LogP contribution in [-0.4, -0.2) is 38.6 Å². The number of aromatic amines is 1. The van der Waals surface area contributed by atoms with Gasteiger partial charge in [-0.1, -0.05) is 6.92 Å². The van der Waals surface area contributed by atoms with Gasteiger partial charge < -0.3 is 4.90 Å². The third-order valence-electron chi connectivity index (χ3n) is 3.77. The molecule has 1 fully saturated rings. The smallest absolute Gasteiger partial charge is 0.270 e. The van der Waals surface area contributed by atoms with Crippen LogP contribution < -0.4 is 4.90 Å². The topological polar surface area (TPSA) is 101 Å². The second kappa shape index (κ2) is 5.47. The number of nitrogens with one attached hydrogen (secondary N) is 1. The molecule has 3 rings (SSSR count). The summed E-state index contributed by atoms with van der Waals surface area (Å²) >= 11 is 0. The standard InChI is InChI=1S/C13H16N6O2/c1-9-3-2-6-18(8-9)12-5-4-10(19(20)21)7-11(12)13-14-16-17-15-13/h4-5,7,9H,2-3,6,8H2,1H3,(H,14,15,16,17). The van der Waals surface area contributed by atoms with E-state index in [1.165, 1.54) is 18.6 Å². The number of nitrogens with zero attached hydrogens (tertiary/aromatic N) is 5. The molecule has 1 atom stereocenters. The molecule has 2 heterocycles. The lowest BCUT2D eigenvalue weighted by Gasteiger charge is -2.33. The van der Waals surface area contributed by atoms with E-state index < -0.39 is 4.92 Å². The lowest BCUT2D eigenvalue weighted by molar-refractivity contribution is -0.384. The van der Waals surface area contributed by atoms with Crippen molar-refractivity contribution in [2.45, 2.75) is 19.8 Å². The number of hydrogen-bond acceptors (Lipinski definition) is 6. The number of nitro benzene ring substituents is 1. The Morgan fingerprint density at radius 1 is 1.48 bits per heavy atom. The van der Waals surface area contributed by atoms with Crippen LogP contribution in [0.4, 0.5) is 11.4 Å². The summed E-state index contributed by atoms with van der Waals surface area (Å²) in [5, 5.41) is 24.9. The number of tetrazole rings is 1. The fourth-order valence-electron chi connectivity index (χ4n) is 2.78. The summed E-state index contributed by atoms with van der Waals surface area (Å²) in [6, 6.07) is 4.82. The third kappa shape index (κ3) is 2.69. The number of anilines is 1. The molecule has 0 aliphatic carbocycles. The second-order valence-corrected chi connectivity index (χ2v) is 5.39. The van der Waals surface area contributed by atoms with Crippen molar-refractivity contribution >= 4 is 11.4 Å². The number of non-ortho nitro benzene ring substituents is 1. The lowest BCUT2D eigenvalue weighted by atomic mass is 9.98. The molecule has 110 valence electrons. The Bertz CT molecular complexity index is 642. The van der Waals surface area contributed by atoms with Crippen molar-refractivity contribution in [2.75, 3.05) is 18.0 Å². The Kier molecular flexibility index (Phi) is 3.51. The summed E-state index contributed by atoms with van der Waals surface area (Å²) in [4.78, 5) is 12.8. The molecular weight excluding hydrogens is 272 g/mol. The SMILES string of the molecule is CC1CCCN(c2ccc([N+](=O)[O-])cc2-c2nn[nH]n2)C1. The first-order valence-electron chi connectivity index (χ1n) is 6.92. The Morgan fingerprint density at radius 3 is 3.00 bits per heavy atom. The fraction of sp³-hybridized carbons (Fsp3) is 0.462.